The fraction of sp³-hybridized carbons (Fsp3) is 0.444. The topological polar surface area (TPSA) is 61.8 Å². The molecule has 7 heteroatoms. The molecule has 0 aliphatic heterocycles. The molecule has 1 N–H and O–H groups in total. The standard InChI is InChI=1S/C13H20N2S.C12H18BrN.2CH2O/c1-6-10(4)15-13(14-7-2)12-11(5)9(3)8-16-12;1-3-8-14(9-4-2)12-7-5-6-11(13)10-12;2*1-2/h7-8,10H,2,6H2,1,3-5H3,(H,14,15);5-7,10H,3-4,8-9H2,1-2H3;2*1H2/t10-;;;/m0.../s1. The summed E-state index contributed by atoms with van der Waals surface area (Å²) < 4.78 is 1.16. The van der Waals surface area contributed by atoms with Gasteiger partial charge in [-0.15, -0.1) is 11.3 Å². The van der Waals surface area contributed by atoms with Crippen LogP contribution in [-0.2, 0) is 9.59 Å². The minimum Gasteiger partial charge on any atom is -0.372 e. The van der Waals surface area contributed by atoms with Crippen molar-refractivity contribution in [1.29, 1.82) is 0 Å². The van der Waals surface area contributed by atoms with Crippen LogP contribution in [0.2, 0.25) is 0 Å². The van der Waals surface area contributed by atoms with Gasteiger partial charge in [0.1, 0.15) is 19.4 Å². The molecule has 0 bridgehead atoms. The summed E-state index contributed by atoms with van der Waals surface area (Å²) in [5.74, 6) is 0.944. The number of thiophene rings is 1. The lowest BCUT2D eigenvalue weighted by Crippen LogP contribution is -2.24. The van der Waals surface area contributed by atoms with Gasteiger partial charge in [-0.1, -0.05) is 49.3 Å². The van der Waals surface area contributed by atoms with Gasteiger partial charge in [0, 0.05) is 29.3 Å². The Balaban J connectivity index is 0. The Morgan fingerprint density at radius 2 is 1.74 bits per heavy atom. The van der Waals surface area contributed by atoms with Crippen molar-refractivity contribution >= 4 is 52.4 Å². The van der Waals surface area contributed by atoms with Crippen molar-refractivity contribution in [2.24, 2.45) is 4.99 Å². The third-order valence-corrected chi connectivity index (χ3v) is 6.54. The molecule has 5 nitrogen and oxygen atoms in total. The van der Waals surface area contributed by atoms with Crippen LogP contribution in [0.4, 0.5) is 5.69 Å². The second-order valence-electron chi connectivity index (χ2n) is 7.42. The first-order chi connectivity index (χ1) is 16.4. The molecular formula is C27H42BrN3O2S. The highest BCUT2D eigenvalue weighted by Gasteiger charge is 2.11. The SMILES string of the molecule is C=CNC(=N[C@@H](C)CC)c1scc(C)c1C.C=O.C=O.CCCN(CCC)c1cccc(Br)c1. The van der Waals surface area contributed by atoms with Crippen LogP contribution in [0.5, 0.6) is 0 Å². The molecule has 190 valence electrons. The summed E-state index contributed by atoms with van der Waals surface area (Å²) in [6, 6.07) is 8.86. The van der Waals surface area contributed by atoms with E-state index in [9.17, 15) is 0 Å². The number of hydrogen-bond donors (Lipinski definition) is 1. The van der Waals surface area contributed by atoms with E-state index in [1.54, 1.807) is 17.5 Å². The molecular weight excluding hydrogens is 510 g/mol. The van der Waals surface area contributed by atoms with Gasteiger partial charge in [0.25, 0.3) is 0 Å². The molecule has 1 heterocycles. The lowest BCUT2D eigenvalue weighted by molar-refractivity contribution is -0.0987. The Morgan fingerprint density at radius 3 is 2.15 bits per heavy atom. The highest BCUT2D eigenvalue weighted by molar-refractivity contribution is 9.10. The predicted molar refractivity (Wildman–Crippen MR) is 155 cm³/mol. The van der Waals surface area contributed by atoms with Crippen LogP contribution in [0.25, 0.3) is 0 Å². The van der Waals surface area contributed by atoms with E-state index in [1.807, 2.05) is 13.6 Å². The summed E-state index contributed by atoms with van der Waals surface area (Å²) in [7, 11) is 0. The van der Waals surface area contributed by atoms with Crippen molar-refractivity contribution in [1.82, 2.24) is 5.32 Å². The van der Waals surface area contributed by atoms with Crippen LogP contribution in [0.15, 0.2) is 51.9 Å². The number of nitrogens with one attached hydrogen (secondary N) is 1. The van der Waals surface area contributed by atoms with Crippen molar-refractivity contribution in [3.63, 3.8) is 0 Å². The summed E-state index contributed by atoms with van der Waals surface area (Å²) in [5.41, 5.74) is 3.95. The molecule has 1 aromatic heterocycles. The van der Waals surface area contributed by atoms with E-state index < -0.39 is 0 Å². The average Bonchev–Trinajstić information content (AvgIpc) is 3.19. The van der Waals surface area contributed by atoms with Gasteiger partial charge in [-0.05, 0) is 80.9 Å². The predicted octanol–water partition coefficient (Wildman–Crippen LogP) is 7.35. The molecule has 0 fully saturated rings. The Labute approximate surface area is 219 Å². The molecule has 0 saturated heterocycles. The van der Waals surface area contributed by atoms with Gasteiger partial charge >= 0.3 is 0 Å². The maximum absolute atomic E-state index is 8.00. The third kappa shape index (κ3) is 12.8. The quantitative estimate of drug-likeness (QED) is 0.261. The maximum atomic E-state index is 8.00. The largest absolute Gasteiger partial charge is 0.372 e. The third-order valence-electron chi connectivity index (χ3n) is 4.84. The number of amidine groups is 1. The van der Waals surface area contributed by atoms with Crippen LogP contribution >= 0.6 is 27.3 Å². The number of nitrogens with zero attached hydrogens (tertiary/aromatic N) is 2. The number of hydrogen-bond acceptors (Lipinski definition) is 5. The number of carbonyl (C=O) groups is 2. The minimum atomic E-state index is 0.337. The Hall–Kier alpha value is -2.25. The summed E-state index contributed by atoms with van der Waals surface area (Å²) >= 11 is 5.24. The van der Waals surface area contributed by atoms with Gasteiger partial charge < -0.3 is 19.8 Å². The monoisotopic (exact) mass is 551 g/mol. The van der Waals surface area contributed by atoms with Gasteiger partial charge in [0.2, 0.25) is 0 Å². The summed E-state index contributed by atoms with van der Waals surface area (Å²) in [5, 5.41) is 5.31. The molecule has 0 aliphatic rings. The first-order valence-corrected chi connectivity index (χ1v) is 13.1. The van der Waals surface area contributed by atoms with E-state index >= 15 is 0 Å². The van der Waals surface area contributed by atoms with E-state index in [-0.39, 0.29) is 0 Å². The summed E-state index contributed by atoms with van der Waals surface area (Å²) in [6.45, 7) is 23.0. The first kappa shape index (κ1) is 33.9. The number of aryl methyl sites for hydroxylation is 1. The number of aliphatic imine (C=N–C) groups is 1. The van der Waals surface area contributed by atoms with Crippen LogP contribution in [0, 0.1) is 13.8 Å². The molecule has 0 radical (unpaired) electrons. The van der Waals surface area contributed by atoms with Crippen LogP contribution in [-0.4, -0.2) is 38.5 Å². The van der Waals surface area contributed by atoms with Gasteiger partial charge in [-0.2, -0.15) is 0 Å². The van der Waals surface area contributed by atoms with Crippen molar-refractivity contribution in [2.45, 2.75) is 66.8 Å². The number of benzene rings is 1. The molecule has 0 amide bonds. The second kappa shape index (κ2) is 21.3. The van der Waals surface area contributed by atoms with Gasteiger partial charge in [-0.25, -0.2) is 0 Å². The smallest absolute Gasteiger partial charge is 0.143 e. The Bertz CT molecular complexity index is 831. The molecule has 1 aromatic carbocycles. The lowest BCUT2D eigenvalue weighted by Gasteiger charge is -2.23. The van der Waals surface area contributed by atoms with Crippen LogP contribution < -0.4 is 10.2 Å². The van der Waals surface area contributed by atoms with Crippen molar-refractivity contribution in [2.75, 3.05) is 18.0 Å². The van der Waals surface area contributed by atoms with E-state index in [2.05, 4.69) is 109 Å². The highest BCUT2D eigenvalue weighted by atomic mass is 79.9. The summed E-state index contributed by atoms with van der Waals surface area (Å²) in [4.78, 5) is 24.3. The van der Waals surface area contributed by atoms with E-state index in [0.29, 0.717) is 6.04 Å². The minimum absolute atomic E-state index is 0.337. The fourth-order valence-corrected chi connectivity index (χ4v) is 4.31. The number of carbonyl (C=O) groups excluding carboxylic acids is 2. The molecule has 0 saturated carbocycles. The lowest BCUT2D eigenvalue weighted by atomic mass is 10.2. The molecule has 0 spiro atoms. The van der Waals surface area contributed by atoms with Crippen molar-refractivity contribution < 1.29 is 9.59 Å². The zero-order valence-electron chi connectivity index (χ0n) is 21.7. The van der Waals surface area contributed by atoms with Crippen molar-refractivity contribution in [3.05, 3.63) is 62.9 Å². The molecule has 2 rings (SSSR count). The fourth-order valence-electron chi connectivity index (χ4n) is 2.89. The van der Waals surface area contributed by atoms with Gasteiger partial charge in [0.05, 0.1) is 4.88 Å². The summed E-state index contributed by atoms with van der Waals surface area (Å²) in [6.07, 6.45) is 5.14. The number of rotatable bonds is 9. The zero-order valence-corrected chi connectivity index (χ0v) is 24.1. The average molecular weight is 553 g/mol. The first-order valence-electron chi connectivity index (χ1n) is 11.5. The molecule has 0 aliphatic carbocycles. The van der Waals surface area contributed by atoms with Crippen molar-refractivity contribution in [3.8, 4) is 0 Å². The van der Waals surface area contributed by atoms with Gasteiger partial charge in [-0.3, -0.25) is 4.99 Å². The maximum Gasteiger partial charge on any atom is 0.143 e. The zero-order chi connectivity index (χ0) is 26.5. The Kier molecular flexibility index (Phi) is 21.2. The number of anilines is 1. The Morgan fingerprint density at radius 1 is 1.15 bits per heavy atom. The molecule has 1 atom stereocenters. The van der Waals surface area contributed by atoms with E-state index in [4.69, 9.17) is 9.59 Å². The van der Waals surface area contributed by atoms with Gasteiger partial charge in [0.15, 0.2) is 0 Å². The highest BCUT2D eigenvalue weighted by Crippen LogP contribution is 2.22. The van der Waals surface area contributed by atoms with E-state index in [0.717, 1.165) is 29.8 Å². The van der Waals surface area contributed by atoms with Crippen LogP contribution in [0.1, 0.15) is 63.0 Å². The number of halogens is 1. The van der Waals surface area contributed by atoms with E-state index in [1.165, 1.54) is 34.5 Å². The van der Waals surface area contributed by atoms with Crippen LogP contribution in [0.3, 0.4) is 0 Å². The normalized spacial score (nSPS) is 10.9. The molecule has 0 unspecified atom stereocenters. The molecule has 34 heavy (non-hydrogen) atoms. The second-order valence-corrected chi connectivity index (χ2v) is 9.22. The molecule has 2 aromatic rings.